The van der Waals surface area contributed by atoms with Crippen molar-refractivity contribution in [2.75, 3.05) is 5.32 Å². The number of nitrogens with zero attached hydrogens (tertiary/aromatic N) is 2. The molecule has 0 fully saturated rings. The van der Waals surface area contributed by atoms with Crippen molar-refractivity contribution in [3.05, 3.63) is 63.7 Å². The lowest BCUT2D eigenvalue weighted by molar-refractivity contribution is -0.384. The molecule has 130 valence electrons. The molecule has 2 rings (SSSR count). The van der Waals surface area contributed by atoms with E-state index in [1.54, 1.807) is 6.92 Å². The predicted molar refractivity (Wildman–Crippen MR) is 94.8 cm³/mol. The van der Waals surface area contributed by atoms with Crippen molar-refractivity contribution in [2.24, 2.45) is 5.10 Å². The van der Waals surface area contributed by atoms with E-state index in [2.05, 4.69) is 15.8 Å². The second-order valence-electron chi connectivity index (χ2n) is 5.47. The van der Waals surface area contributed by atoms with E-state index in [-0.39, 0.29) is 22.9 Å². The van der Waals surface area contributed by atoms with Crippen LogP contribution in [-0.2, 0) is 4.79 Å². The van der Waals surface area contributed by atoms with Gasteiger partial charge in [0, 0.05) is 23.4 Å². The van der Waals surface area contributed by atoms with Crippen LogP contribution in [0, 0.1) is 17.0 Å². The second kappa shape index (κ2) is 7.91. The third-order valence-electron chi connectivity index (χ3n) is 3.43. The van der Waals surface area contributed by atoms with Crippen LogP contribution in [0.2, 0.25) is 0 Å². The number of hydrogen-bond acceptors (Lipinski definition) is 6. The topological polar surface area (TPSA) is 117 Å². The summed E-state index contributed by atoms with van der Waals surface area (Å²) in [4.78, 5) is 22.2. The van der Waals surface area contributed by atoms with Crippen molar-refractivity contribution in [2.45, 2.75) is 19.9 Å². The van der Waals surface area contributed by atoms with Crippen molar-refractivity contribution in [3.63, 3.8) is 0 Å². The number of benzene rings is 2. The summed E-state index contributed by atoms with van der Waals surface area (Å²) in [6.45, 7) is 3.65. The lowest BCUT2D eigenvalue weighted by Gasteiger charge is -2.13. The molecule has 0 bridgehead atoms. The number of nitro benzene ring substituents is 1. The van der Waals surface area contributed by atoms with E-state index >= 15 is 0 Å². The first-order chi connectivity index (χ1) is 11.9. The quantitative estimate of drug-likeness (QED) is 0.424. The zero-order chi connectivity index (χ0) is 18.4. The number of nitro groups is 1. The number of aromatic hydroxyl groups is 1. The van der Waals surface area contributed by atoms with Crippen LogP contribution >= 0.6 is 0 Å². The monoisotopic (exact) mass is 342 g/mol. The molecule has 0 aromatic heterocycles. The Labute approximate surface area is 144 Å². The molecule has 0 radical (unpaired) electrons. The lowest BCUT2D eigenvalue weighted by atomic mass is 10.2. The van der Waals surface area contributed by atoms with E-state index in [0.29, 0.717) is 0 Å². The number of amides is 1. The molecule has 0 unspecified atom stereocenters. The molecule has 2 aromatic rings. The van der Waals surface area contributed by atoms with Crippen molar-refractivity contribution < 1.29 is 14.8 Å². The van der Waals surface area contributed by atoms with Gasteiger partial charge < -0.3 is 10.4 Å². The number of rotatable bonds is 6. The van der Waals surface area contributed by atoms with Gasteiger partial charge in [0.2, 0.25) is 0 Å². The molecular weight excluding hydrogens is 324 g/mol. The molecule has 0 saturated heterocycles. The Morgan fingerprint density at radius 1 is 1.28 bits per heavy atom. The van der Waals surface area contributed by atoms with Crippen LogP contribution in [0.15, 0.2) is 47.6 Å². The molecular formula is C17H18N4O4. The van der Waals surface area contributed by atoms with Gasteiger partial charge in [0.05, 0.1) is 11.1 Å². The first-order valence-corrected chi connectivity index (χ1v) is 7.50. The van der Waals surface area contributed by atoms with Gasteiger partial charge in [0.1, 0.15) is 11.8 Å². The highest BCUT2D eigenvalue weighted by Gasteiger charge is 2.12. The number of non-ortho nitro benzene ring substituents is 1. The summed E-state index contributed by atoms with van der Waals surface area (Å²) in [5, 5.41) is 27.2. The van der Waals surface area contributed by atoms with Crippen molar-refractivity contribution in [3.8, 4) is 5.75 Å². The molecule has 1 atom stereocenters. The van der Waals surface area contributed by atoms with Crippen LogP contribution in [0.1, 0.15) is 18.1 Å². The Morgan fingerprint density at radius 3 is 2.60 bits per heavy atom. The molecule has 0 aliphatic carbocycles. The highest BCUT2D eigenvalue weighted by atomic mass is 16.6. The molecule has 1 amide bonds. The second-order valence-corrected chi connectivity index (χ2v) is 5.47. The standard InChI is InChI=1S/C17H18N4O4/c1-11-3-5-14(6-4-11)19-12(2)17(23)20-18-10-13-9-15(21(24)25)7-8-16(13)22/h3-10,12,19,22H,1-2H3,(H,20,23)/b18-10+/t12-/m1/s1. The Balaban J connectivity index is 1.96. The first kappa shape index (κ1) is 17.9. The van der Waals surface area contributed by atoms with Gasteiger partial charge in [-0.1, -0.05) is 17.7 Å². The summed E-state index contributed by atoms with van der Waals surface area (Å²) < 4.78 is 0. The van der Waals surface area contributed by atoms with E-state index in [1.807, 2.05) is 31.2 Å². The van der Waals surface area contributed by atoms with Crippen molar-refractivity contribution in [1.82, 2.24) is 5.43 Å². The smallest absolute Gasteiger partial charge is 0.270 e. The minimum Gasteiger partial charge on any atom is -0.507 e. The predicted octanol–water partition coefficient (Wildman–Crippen LogP) is 2.56. The van der Waals surface area contributed by atoms with E-state index in [1.165, 1.54) is 18.2 Å². The average Bonchev–Trinajstić information content (AvgIpc) is 2.58. The van der Waals surface area contributed by atoms with Gasteiger partial charge >= 0.3 is 0 Å². The molecule has 0 aliphatic heterocycles. The molecule has 8 heteroatoms. The van der Waals surface area contributed by atoms with E-state index in [4.69, 9.17) is 0 Å². The Kier molecular flexibility index (Phi) is 5.67. The summed E-state index contributed by atoms with van der Waals surface area (Å²) in [5.41, 5.74) is 4.19. The van der Waals surface area contributed by atoms with Gasteiger partial charge in [-0.25, -0.2) is 5.43 Å². The normalized spacial score (nSPS) is 11.9. The number of carbonyl (C=O) groups is 1. The molecule has 3 N–H and O–H groups in total. The Bertz CT molecular complexity index is 803. The van der Waals surface area contributed by atoms with Crippen molar-refractivity contribution in [1.29, 1.82) is 0 Å². The third kappa shape index (κ3) is 5.03. The van der Waals surface area contributed by atoms with Crippen molar-refractivity contribution >= 4 is 23.5 Å². The number of carbonyl (C=O) groups excluding carboxylic acids is 1. The van der Waals surface area contributed by atoms with E-state index in [9.17, 15) is 20.0 Å². The zero-order valence-electron chi connectivity index (χ0n) is 13.8. The first-order valence-electron chi connectivity index (χ1n) is 7.50. The van der Waals surface area contributed by atoms with Crippen LogP contribution in [0.25, 0.3) is 0 Å². The number of phenols is 1. The van der Waals surface area contributed by atoms with Gasteiger partial charge in [-0.2, -0.15) is 5.10 Å². The fraction of sp³-hybridized carbons (Fsp3) is 0.176. The number of aryl methyl sites for hydroxylation is 1. The SMILES string of the molecule is Cc1ccc(N[C@H](C)C(=O)N/N=C/c2cc([N+](=O)[O-])ccc2O)cc1. The van der Waals surface area contributed by atoms with E-state index < -0.39 is 11.0 Å². The molecule has 0 saturated carbocycles. The van der Waals surface area contributed by atoms with Gasteiger partial charge in [-0.3, -0.25) is 14.9 Å². The van der Waals surface area contributed by atoms with E-state index in [0.717, 1.165) is 17.5 Å². The minimum atomic E-state index is -0.580. The lowest BCUT2D eigenvalue weighted by Crippen LogP contribution is -2.34. The van der Waals surface area contributed by atoms with Crippen LogP contribution in [-0.4, -0.2) is 28.2 Å². The number of phenolic OH excluding ortho intramolecular Hbond substituents is 1. The average molecular weight is 342 g/mol. The maximum Gasteiger partial charge on any atom is 0.270 e. The van der Waals surface area contributed by atoms with Crippen LogP contribution in [0.3, 0.4) is 0 Å². The molecule has 0 spiro atoms. The van der Waals surface area contributed by atoms with Gasteiger partial charge in [-0.05, 0) is 32.0 Å². The fourth-order valence-electron chi connectivity index (χ4n) is 1.99. The highest BCUT2D eigenvalue weighted by Crippen LogP contribution is 2.21. The number of anilines is 1. The fourth-order valence-corrected chi connectivity index (χ4v) is 1.99. The zero-order valence-corrected chi connectivity index (χ0v) is 13.8. The number of hydrogen-bond donors (Lipinski definition) is 3. The van der Waals surface area contributed by atoms with Gasteiger partial charge in [-0.15, -0.1) is 0 Å². The molecule has 25 heavy (non-hydrogen) atoms. The highest BCUT2D eigenvalue weighted by molar-refractivity contribution is 5.88. The van der Waals surface area contributed by atoms with Crippen LogP contribution in [0.4, 0.5) is 11.4 Å². The summed E-state index contributed by atoms with van der Waals surface area (Å²) in [6.07, 6.45) is 1.15. The summed E-state index contributed by atoms with van der Waals surface area (Å²) in [7, 11) is 0. The molecule has 0 aliphatic rings. The largest absolute Gasteiger partial charge is 0.507 e. The van der Waals surface area contributed by atoms with Gasteiger partial charge in [0.25, 0.3) is 11.6 Å². The maximum absolute atomic E-state index is 12.0. The summed E-state index contributed by atoms with van der Waals surface area (Å²) in [6, 6.07) is 10.6. The summed E-state index contributed by atoms with van der Waals surface area (Å²) in [5.74, 6) is -0.559. The maximum atomic E-state index is 12.0. The molecule has 2 aromatic carbocycles. The van der Waals surface area contributed by atoms with Gasteiger partial charge in [0.15, 0.2) is 0 Å². The van der Waals surface area contributed by atoms with Crippen LogP contribution < -0.4 is 10.7 Å². The Hall–Kier alpha value is -3.42. The molecule has 0 heterocycles. The summed E-state index contributed by atoms with van der Waals surface area (Å²) >= 11 is 0. The minimum absolute atomic E-state index is 0.133. The number of hydrazone groups is 1. The third-order valence-corrected chi connectivity index (χ3v) is 3.43. The Morgan fingerprint density at radius 2 is 1.96 bits per heavy atom. The number of nitrogens with one attached hydrogen (secondary N) is 2. The van der Waals surface area contributed by atoms with Crippen LogP contribution in [0.5, 0.6) is 5.75 Å². The molecule has 8 nitrogen and oxygen atoms in total.